The monoisotopic (exact) mass is 210 g/mol. The van der Waals surface area contributed by atoms with E-state index in [1.54, 1.807) is 17.1 Å². The molecule has 6 nitrogen and oxygen atoms in total. The van der Waals surface area contributed by atoms with Crippen LogP contribution in [0.25, 0.3) is 0 Å². The van der Waals surface area contributed by atoms with Gasteiger partial charge in [0.15, 0.2) is 0 Å². The number of hydrogen-bond acceptors (Lipinski definition) is 5. The van der Waals surface area contributed by atoms with Crippen molar-refractivity contribution in [3.63, 3.8) is 0 Å². The van der Waals surface area contributed by atoms with Crippen molar-refractivity contribution in [3.05, 3.63) is 12.4 Å². The van der Waals surface area contributed by atoms with Crippen molar-refractivity contribution in [3.8, 4) is 6.07 Å². The zero-order valence-corrected chi connectivity index (χ0v) is 8.39. The fourth-order valence-electron chi connectivity index (χ4n) is 1.04. The first-order chi connectivity index (χ1) is 7.36. The van der Waals surface area contributed by atoms with E-state index in [9.17, 15) is 0 Å². The number of nitriles is 1. The predicted molar refractivity (Wildman–Crippen MR) is 54.2 cm³/mol. The maximum atomic E-state index is 8.48. The van der Waals surface area contributed by atoms with Gasteiger partial charge in [0.2, 0.25) is 0 Å². The summed E-state index contributed by atoms with van der Waals surface area (Å²) in [5.74, 6) is 0. The minimum atomic E-state index is 0.0358. The summed E-state index contributed by atoms with van der Waals surface area (Å²) in [6.45, 7) is 1.80. The summed E-state index contributed by atoms with van der Waals surface area (Å²) in [6.07, 6.45) is 3.46. The lowest BCUT2D eigenvalue weighted by Gasteiger charge is -2.01. The van der Waals surface area contributed by atoms with E-state index in [1.165, 1.54) is 0 Å². The Morgan fingerprint density at radius 1 is 1.60 bits per heavy atom. The van der Waals surface area contributed by atoms with Gasteiger partial charge in [0.25, 0.3) is 0 Å². The van der Waals surface area contributed by atoms with Crippen molar-refractivity contribution in [2.45, 2.75) is 6.54 Å². The molecule has 0 saturated heterocycles. The lowest BCUT2D eigenvalue weighted by atomic mass is 10.5. The minimum Gasteiger partial charge on any atom is -0.394 e. The van der Waals surface area contributed by atoms with Crippen LogP contribution in [0, 0.1) is 11.3 Å². The van der Waals surface area contributed by atoms with Gasteiger partial charge in [-0.05, 0) is 0 Å². The molecule has 15 heavy (non-hydrogen) atoms. The van der Waals surface area contributed by atoms with Gasteiger partial charge in [-0.1, -0.05) is 0 Å². The molecule has 0 amide bonds. The lowest BCUT2D eigenvalue weighted by molar-refractivity contribution is 0.0854. The molecule has 0 spiro atoms. The second-order valence-corrected chi connectivity index (χ2v) is 2.84. The van der Waals surface area contributed by atoms with Crippen molar-refractivity contribution >= 4 is 5.69 Å². The highest BCUT2D eigenvalue weighted by Gasteiger charge is 1.96. The molecule has 1 aromatic rings. The topological polar surface area (TPSA) is 83.1 Å². The smallest absolute Gasteiger partial charge is 0.103 e. The molecule has 0 aliphatic rings. The fraction of sp³-hybridized carbons (Fsp3) is 0.556. The summed E-state index contributed by atoms with van der Waals surface area (Å²) in [6, 6.07) is 1.98. The molecule has 0 aliphatic carbocycles. The molecule has 0 aromatic carbocycles. The quantitative estimate of drug-likeness (QED) is 0.482. The molecule has 1 heterocycles. The number of aromatic nitrogens is 2. The number of hydrogen-bond donors (Lipinski definition) is 2. The van der Waals surface area contributed by atoms with Gasteiger partial charge < -0.3 is 15.2 Å². The maximum absolute atomic E-state index is 8.48. The van der Waals surface area contributed by atoms with Crippen molar-refractivity contribution < 1.29 is 9.84 Å². The van der Waals surface area contributed by atoms with Crippen LogP contribution in [0.15, 0.2) is 12.4 Å². The van der Waals surface area contributed by atoms with E-state index in [4.69, 9.17) is 15.1 Å². The van der Waals surface area contributed by atoms with Crippen LogP contribution in [0.4, 0.5) is 5.69 Å². The summed E-state index contributed by atoms with van der Waals surface area (Å²) < 4.78 is 6.81. The predicted octanol–water partition coefficient (Wildman–Crippen LogP) is -0.173. The number of nitrogens with zero attached hydrogens (tertiary/aromatic N) is 3. The van der Waals surface area contributed by atoms with Crippen LogP contribution >= 0.6 is 0 Å². The van der Waals surface area contributed by atoms with Crippen molar-refractivity contribution in [2.75, 3.05) is 31.7 Å². The molecule has 0 fully saturated rings. The van der Waals surface area contributed by atoms with E-state index in [0.29, 0.717) is 19.8 Å². The van der Waals surface area contributed by atoms with Crippen molar-refractivity contribution in [1.29, 1.82) is 5.26 Å². The zero-order valence-electron chi connectivity index (χ0n) is 8.39. The van der Waals surface area contributed by atoms with Crippen LogP contribution in [0.2, 0.25) is 0 Å². The first-order valence-corrected chi connectivity index (χ1v) is 4.68. The molecule has 0 bridgehead atoms. The molecule has 0 radical (unpaired) electrons. The Bertz CT molecular complexity index is 318. The lowest BCUT2D eigenvalue weighted by Crippen LogP contribution is -2.08. The van der Waals surface area contributed by atoms with Crippen molar-refractivity contribution in [2.24, 2.45) is 0 Å². The molecule has 6 heteroatoms. The number of anilines is 1. The fourth-order valence-corrected chi connectivity index (χ4v) is 1.04. The van der Waals surface area contributed by atoms with Crippen LogP contribution in [-0.2, 0) is 11.3 Å². The van der Waals surface area contributed by atoms with Crippen LogP contribution in [-0.4, -0.2) is 41.3 Å². The molecule has 0 aliphatic heterocycles. The Morgan fingerprint density at radius 2 is 2.47 bits per heavy atom. The van der Waals surface area contributed by atoms with E-state index in [2.05, 4.69) is 10.4 Å². The minimum absolute atomic E-state index is 0.0358. The van der Waals surface area contributed by atoms with Crippen LogP contribution in [0.1, 0.15) is 0 Å². The summed E-state index contributed by atoms with van der Waals surface area (Å²) >= 11 is 0. The Kier molecular flexibility index (Phi) is 5.22. The van der Waals surface area contributed by atoms with Gasteiger partial charge in [0, 0.05) is 6.20 Å². The second-order valence-electron chi connectivity index (χ2n) is 2.84. The Balaban J connectivity index is 2.24. The highest BCUT2D eigenvalue weighted by molar-refractivity contribution is 5.38. The highest BCUT2D eigenvalue weighted by atomic mass is 16.5. The number of rotatable bonds is 7. The molecule has 1 aromatic heterocycles. The molecule has 2 N–H and O–H groups in total. The standard InChI is InChI=1S/C9H14N4O2/c10-1-2-11-9-7-12-13(8-9)3-5-15-6-4-14/h7-8,11,14H,2-6H2. The summed E-state index contributed by atoms with van der Waals surface area (Å²) in [5.41, 5.74) is 0.818. The van der Waals surface area contributed by atoms with Crippen LogP contribution in [0.3, 0.4) is 0 Å². The number of aliphatic hydroxyl groups excluding tert-OH is 1. The Labute approximate surface area is 88.1 Å². The van der Waals surface area contributed by atoms with E-state index >= 15 is 0 Å². The average Bonchev–Trinajstić information content (AvgIpc) is 2.69. The summed E-state index contributed by atoms with van der Waals surface area (Å²) in [4.78, 5) is 0. The van der Waals surface area contributed by atoms with E-state index in [-0.39, 0.29) is 13.2 Å². The van der Waals surface area contributed by atoms with Crippen LogP contribution < -0.4 is 5.32 Å². The van der Waals surface area contributed by atoms with Gasteiger partial charge >= 0.3 is 0 Å². The summed E-state index contributed by atoms with van der Waals surface area (Å²) in [5, 5.41) is 23.8. The first kappa shape index (κ1) is 11.5. The van der Waals surface area contributed by atoms with E-state index in [1.807, 2.05) is 6.07 Å². The van der Waals surface area contributed by atoms with Gasteiger partial charge in [0.05, 0.1) is 44.3 Å². The normalized spacial score (nSPS) is 9.87. The number of ether oxygens (including phenoxy) is 1. The zero-order chi connectivity index (χ0) is 10.9. The van der Waals surface area contributed by atoms with Gasteiger partial charge in [-0.2, -0.15) is 10.4 Å². The van der Waals surface area contributed by atoms with Gasteiger partial charge in [-0.15, -0.1) is 0 Å². The molecule has 0 saturated carbocycles. The van der Waals surface area contributed by atoms with Gasteiger partial charge in [0.1, 0.15) is 6.54 Å². The molecular formula is C9H14N4O2. The number of nitrogens with one attached hydrogen (secondary N) is 1. The Hall–Kier alpha value is -1.58. The van der Waals surface area contributed by atoms with Crippen LogP contribution in [0.5, 0.6) is 0 Å². The second kappa shape index (κ2) is 6.81. The Morgan fingerprint density at radius 3 is 3.20 bits per heavy atom. The molecule has 1 rings (SSSR count). The van der Waals surface area contributed by atoms with Gasteiger partial charge in [-0.25, -0.2) is 0 Å². The van der Waals surface area contributed by atoms with E-state index in [0.717, 1.165) is 5.69 Å². The SMILES string of the molecule is N#CCNc1cnn(CCOCCO)c1. The molecule has 0 atom stereocenters. The third-order valence-corrected chi connectivity index (χ3v) is 1.71. The maximum Gasteiger partial charge on any atom is 0.103 e. The largest absolute Gasteiger partial charge is 0.394 e. The first-order valence-electron chi connectivity index (χ1n) is 4.68. The average molecular weight is 210 g/mol. The van der Waals surface area contributed by atoms with E-state index < -0.39 is 0 Å². The summed E-state index contributed by atoms with van der Waals surface area (Å²) in [7, 11) is 0. The third-order valence-electron chi connectivity index (χ3n) is 1.71. The molecule has 0 unspecified atom stereocenters. The third kappa shape index (κ3) is 4.44. The highest BCUT2D eigenvalue weighted by Crippen LogP contribution is 2.03. The number of aliphatic hydroxyl groups is 1. The van der Waals surface area contributed by atoms with Crippen molar-refractivity contribution in [1.82, 2.24) is 9.78 Å². The van der Waals surface area contributed by atoms with Gasteiger partial charge in [-0.3, -0.25) is 4.68 Å². The molecule has 82 valence electrons. The molecular weight excluding hydrogens is 196 g/mol.